The van der Waals surface area contributed by atoms with Gasteiger partial charge in [0.2, 0.25) is 27.1 Å². The van der Waals surface area contributed by atoms with Gasteiger partial charge in [0, 0.05) is 19.4 Å². The van der Waals surface area contributed by atoms with Crippen LogP contribution in [0.25, 0.3) is 0 Å². The monoisotopic (exact) mass is 479 g/mol. The van der Waals surface area contributed by atoms with E-state index in [-0.39, 0.29) is 17.5 Å². The normalized spacial score (nSPS) is 19.2. The highest BCUT2D eigenvalue weighted by Gasteiger charge is 2.37. The summed E-state index contributed by atoms with van der Waals surface area (Å²) in [7, 11) is 3.20. The van der Waals surface area contributed by atoms with Gasteiger partial charge in [0.05, 0.1) is 40.5 Å². The van der Waals surface area contributed by atoms with Gasteiger partial charge in [-0.05, 0) is 0 Å². The molecule has 1 saturated heterocycles. The number of hydrogen-bond donors (Lipinski definition) is 0. The minimum atomic E-state index is -4.41. The molecule has 0 aliphatic carbocycles. The lowest BCUT2D eigenvalue weighted by Crippen LogP contribution is -2.39. The fraction of sp³-hybridized carbons (Fsp3) is 0.818. The molecular weight excluding hydrogens is 457 g/mol. The van der Waals surface area contributed by atoms with Crippen LogP contribution in [0.4, 0.5) is 0 Å². The molecule has 12 heteroatoms. The average molecular weight is 479 g/mol. The van der Waals surface area contributed by atoms with Crippen molar-refractivity contribution in [3.63, 3.8) is 0 Å². The number of halogens is 1. The Kier molecular flexibility index (Phi) is 10.3. The number of nitrogens with zero attached hydrogens (tertiary/aromatic N) is 2. The van der Waals surface area contributed by atoms with Crippen LogP contribution in [0.1, 0.15) is 12.8 Å². The van der Waals surface area contributed by atoms with Crippen LogP contribution < -0.4 is 0 Å². The molecule has 133 valence electrons. The molecule has 0 saturated carbocycles. The van der Waals surface area contributed by atoms with Crippen molar-refractivity contribution in [3.05, 3.63) is 0 Å². The minimum Gasteiger partial charge on any atom is -0.726 e. The topological polar surface area (TPSA) is 104 Å². The molecule has 0 aromatic carbocycles. The second kappa shape index (κ2) is 10.2. The molecule has 1 fully saturated rings. The molecule has 2 atom stereocenters. The number of likely N-dealkylation sites (tertiary alicyclic amines) is 1. The van der Waals surface area contributed by atoms with Gasteiger partial charge in [0.15, 0.2) is 0 Å². The fourth-order valence-corrected chi connectivity index (χ4v) is 3.87. The number of amides is 2. The summed E-state index contributed by atoms with van der Waals surface area (Å²) in [4.78, 5) is 27.1. The van der Waals surface area contributed by atoms with Gasteiger partial charge in [-0.1, -0.05) is 0 Å². The summed E-state index contributed by atoms with van der Waals surface area (Å²) in [6, 6.07) is 0. The molecule has 0 aromatic rings. The van der Waals surface area contributed by atoms with E-state index in [1.807, 2.05) is 4.86 Å². The quantitative estimate of drug-likeness (QED) is 0.0966. The molecule has 0 bridgehead atoms. The number of carbonyl (C=O) groups is 2. The largest absolute Gasteiger partial charge is 0.726 e. The summed E-state index contributed by atoms with van der Waals surface area (Å²) in [6.07, 6.45) is 1.28. The summed E-state index contributed by atoms with van der Waals surface area (Å²) in [5.74, 6) is 0.0369. The maximum absolute atomic E-state index is 11.9. The first-order valence-electron chi connectivity index (χ1n) is 6.75. The molecule has 0 spiro atoms. The highest BCUT2D eigenvalue weighted by atomic mass is 127. The zero-order valence-electron chi connectivity index (χ0n) is 13.6. The molecule has 1 rings (SSSR count). The molecule has 1 aliphatic heterocycles. The van der Waals surface area contributed by atoms with E-state index < -0.39 is 10.4 Å². The summed E-state index contributed by atoms with van der Waals surface area (Å²) in [5.41, 5.74) is -0.0801. The van der Waals surface area contributed by atoms with E-state index in [0.717, 1.165) is 24.6 Å². The Bertz CT molecular complexity index is 513. The average Bonchev–Trinajstić information content (AvgIpc) is 2.65. The van der Waals surface area contributed by atoms with Crippen molar-refractivity contribution < 1.29 is 31.2 Å². The molecule has 1 radical (unpaired) electrons. The molecule has 8 nitrogen and oxygen atoms in total. The maximum atomic E-state index is 11.9. The van der Waals surface area contributed by atoms with Crippen LogP contribution in [-0.2, 0) is 24.2 Å². The molecule has 0 N–H and O–H groups in total. The standard InChI is InChI=1S/C10H19BIN2O2P.CH4O4S/c1-14(2,3)6-4-5-13-9(15)7-8(10(13)16)17-11-12;1-5-6(2,3)4/h8,17H,4-7H2,1-3H3;1H3,(H,2,3,4)/q+1;/p-1. The van der Waals surface area contributed by atoms with Crippen LogP contribution in [0.3, 0.4) is 0 Å². The van der Waals surface area contributed by atoms with Crippen molar-refractivity contribution in [2.24, 2.45) is 0 Å². The van der Waals surface area contributed by atoms with Gasteiger partial charge in [-0.25, -0.2) is 8.42 Å². The van der Waals surface area contributed by atoms with E-state index in [0.29, 0.717) is 21.4 Å². The second-order valence-corrected chi connectivity index (χ2v) is 10.1. The summed E-state index contributed by atoms with van der Waals surface area (Å²) < 4.78 is 31.9. The Labute approximate surface area is 153 Å². The van der Waals surface area contributed by atoms with E-state index in [9.17, 15) is 22.6 Å². The van der Waals surface area contributed by atoms with Crippen molar-refractivity contribution in [1.82, 2.24) is 4.90 Å². The van der Waals surface area contributed by atoms with Crippen LogP contribution in [0.2, 0.25) is 0 Å². The second-order valence-electron chi connectivity index (χ2n) is 5.86. The van der Waals surface area contributed by atoms with E-state index in [1.165, 1.54) is 4.90 Å². The maximum Gasteiger partial charge on any atom is 0.236 e. The predicted octanol–water partition coefficient (Wildman–Crippen LogP) is -0.0491. The highest BCUT2D eigenvalue weighted by Crippen LogP contribution is 2.30. The zero-order valence-corrected chi connectivity index (χ0v) is 17.6. The summed E-state index contributed by atoms with van der Waals surface area (Å²) >= 11 is 2.14. The van der Waals surface area contributed by atoms with Gasteiger partial charge in [-0.2, -0.15) is 22.4 Å². The fourth-order valence-electron chi connectivity index (χ4n) is 1.83. The number of rotatable bonds is 7. The Morgan fingerprint density at radius 3 is 2.35 bits per heavy atom. The number of hydrogen-bond acceptors (Lipinski definition) is 6. The van der Waals surface area contributed by atoms with Crippen molar-refractivity contribution in [3.8, 4) is 0 Å². The smallest absolute Gasteiger partial charge is 0.236 e. The Morgan fingerprint density at radius 1 is 1.43 bits per heavy atom. The van der Waals surface area contributed by atoms with Gasteiger partial charge in [0.25, 0.3) is 0 Å². The first kappa shape index (κ1) is 23.2. The van der Waals surface area contributed by atoms with Gasteiger partial charge in [0.1, 0.15) is 0 Å². The van der Waals surface area contributed by atoms with Crippen molar-refractivity contribution in [2.45, 2.75) is 18.5 Å². The van der Waals surface area contributed by atoms with Gasteiger partial charge >= 0.3 is 0 Å². The third-order valence-corrected chi connectivity index (χ3v) is 5.39. The lowest BCUT2D eigenvalue weighted by atomic mass is 10.3. The van der Waals surface area contributed by atoms with E-state index >= 15 is 0 Å². The molecule has 2 unspecified atom stereocenters. The van der Waals surface area contributed by atoms with Crippen LogP contribution in [-0.4, -0.2) is 86.0 Å². The number of quaternary nitrogens is 1. The highest BCUT2D eigenvalue weighted by molar-refractivity contribution is 14.1. The summed E-state index contributed by atoms with van der Waals surface area (Å²) in [5, 5.41) is 0. The number of carbonyl (C=O) groups excluding carboxylic acids is 2. The number of imide groups is 1. The Balaban J connectivity index is 0.000000688. The lowest BCUT2D eigenvalue weighted by molar-refractivity contribution is -0.870. The zero-order chi connectivity index (χ0) is 18.3. The molecule has 23 heavy (non-hydrogen) atoms. The summed E-state index contributed by atoms with van der Waals surface area (Å²) in [6.45, 7) is 1.55. The first-order valence-corrected chi connectivity index (χ1v) is 10.5. The van der Waals surface area contributed by atoms with Crippen molar-refractivity contribution in [2.75, 3.05) is 41.3 Å². The predicted molar refractivity (Wildman–Crippen MR) is 97.4 cm³/mol. The van der Waals surface area contributed by atoms with E-state index in [4.69, 9.17) is 0 Å². The molecular formula is C11H22BIN2O6PS. The lowest BCUT2D eigenvalue weighted by Gasteiger charge is -2.25. The SMILES string of the molecule is COS(=O)(=O)[O-].C[N+](C)(C)CCCN1C(=O)CC(P[B]I)C1=O. The van der Waals surface area contributed by atoms with Crippen molar-refractivity contribution in [1.29, 1.82) is 0 Å². The molecule has 1 aliphatic rings. The van der Waals surface area contributed by atoms with Gasteiger partial charge in [-0.15, -0.1) is 8.46 Å². The molecule has 0 aromatic heterocycles. The Morgan fingerprint density at radius 2 is 1.96 bits per heavy atom. The van der Waals surface area contributed by atoms with E-state index in [1.54, 1.807) is 0 Å². The molecule has 1 heterocycles. The third-order valence-electron chi connectivity index (χ3n) is 2.92. The van der Waals surface area contributed by atoms with Crippen LogP contribution in [0.5, 0.6) is 0 Å². The third kappa shape index (κ3) is 10.6. The molecule has 2 amide bonds. The van der Waals surface area contributed by atoms with Crippen LogP contribution in [0.15, 0.2) is 0 Å². The van der Waals surface area contributed by atoms with Crippen LogP contribution in [0, 0.1) is 0 Å². The van der Waals surface area contributed by atoms with E-state index in [2.05, 4.69) is 47.7 Å². The first-order chi connectivity index (χ1) is 10.4. The Hall–Kier alpha value is 0.195. The van der Waals surface area contributed by atoms with Crippen LogP contribution >= 0.6 is 30.8 Å². The minimum absolute atomic E-state index is 0.00663. The van der Waals surface area contributed by atoms with Gasteiger partial charge < -0.3 is 9.04 Å². The van der Waals surface area contributed by atoms with Gasteiger partial charge in [-0.3, -0.25) is 18.7 Å². The van der Waals surface area contributed by atoms with Crippen molar-refractivity contribution >= 4 is 57.9 Å².